The van der Waals surface area contributed by atoms with Crippen LogP contribution in [0.3, 0.4) is 0 Å². The molecule has 14 heteroatoms. The molecule has 0 aliphatic carbocycles. The number of alkyl halides is 3. The van der Waals surface area contributed by atoms with Gasteiger partial charge in [0.25, 0.3) is 5.91 Å². The summed E-state index contributed by atoms with van der Waals surface area (Å²) in [5.74, 6) is -4.94. The van der Waals surface area contributed by atoms with Crippen molar-refractivity contribution < 1.29 is 55.1 Å². The number of carboxylic acid groups (broad SMARTS) is 2. The molecular formula is C22H27F3N2O8S. The number of rotatable bonds is 10. The molecular weight excluding hydrogens is 509 g/mol. The summed E-state index contributed by atoms with van der Waals surface area (Å²) in [6.45, 7) is 0.414. The second-order valence-electron chi connectivity index (χ2n) is 8.81. The van der Waals surface area contributed by atoms with Gasteiger partial charge in [-0.3, -0.25) is 9.59 Å². The molecule has 0 spiro atoms. The van der Waals surface area contributed by atoms with Crippen LogP contribution in [-0.2, 0) is 30.9 Å². The van der Waals surface area contributed by atoms with Gasteiger partial charge in [0.2, 0.25) is 0 Å². The minimum Gasteiger partial charge on any atom is -0.542 e. The molecule has 2 aromatic rings. The summed E-state index contributed by atoms with van der Waals surface area (Å²) in [7, 11) is 2.21. The molecule has 0 saturated heterocycles. The van der Waals surface area contributed by atoms with E-state index in [1.165, 1.54) is 12.1 Å². The lowest BCUT2D eigenvalue weighted by Gasteiger charge is -2.28. The van der Waals surface area contributed by atoms with Gasteiger partial charge in [0.05, 0.1) is 45.9 Å². The molecule has 0 bridgehead atoms. The van der Waals surface area contributed by atoms with Gasteiger partial charge in [0.1, 0.15) is 17.5 Å². The number of benzene rings is 1. The van der Waals surface area contributed by atoms with Crippen molar-refractivity contribution in [1.29, 1.82) is 0 Å². The van der Waals surface area contributed by atoms with Crippen molar-refractivity contribution in [2.45, 2.75) is 30.1 Å². The highest BCUT2D eigenvalue weighted by atomic mass is 32.2. The molecule has 0 saturated carbocycles. The molecule has 36 heavy (non-hydrogen) atoms. The van der Waals surface area contributed by atoms with Crippen molar-refractivity contribution in [3.05, 3.63) is 59.5 Å². The molecule has 1 aromatic carbocycles. The van der Waals surface area contributed by atoms with Gasteiger partial charge in [-0.15, -0.1) is 0 Å². The first-order chi connectivity index (χ1) is 16.4. The minimum atomic E-state index is -5.19. The van der Waals surface area contributed by atoms with Gasteiger partial charge in [-0.2, -0.15) is 13.2 Å². The predicted molar refractivity (Wildman–Crippen MR) is 119 cm³/mol. The quantitative estimate of drug-likeness (QED) is 0.426. The molecule has 2 rings (SSSR count). The van der Waals surface area contributed by atoms with E-state index in [9.17, 15) is 31.2 Å². The van der Waals surface area contributed by atoms with E-state index in [0.29, 0.717) is 16.6 Å². The molecule has 10 nitrogen and oxygen atoms in total. The Morgan fingerprint density at radius 3 is 2.08 bits per heavy atom. The van der Waals surface area contributed by atoms with Crippen LogP contribution in [-0.4, -0.2) is 75.8 Å². The number of nitrogens with zero attached hydrogens (tertiary/aromatic N) is 1. The Kier molecular flexibility index (Phi) is 10.7. The number of nitrogens with one attached hydrogen (secondary N) is 1. The minimum absolute atomic E-state index is 0.0493. The van der Waals surface area contributed by atoms with Gasteiger partial charge in [-0.1, -0.05) is 30.3 Å². The zero-order valence-electron chi connectivity index (χ0n) is 19.7. The van der Waals surface area contributed by atoms with Crippen LogP contribution in [0.2, 0.25) is 0 Å². The molecule has 1 unspecified atom stereocenters. The van der Waals surface area contributed by atoms with Gasteiger partial charge >= 0.3 is 12.1 Å². The van der Waals surface area contributed by atoms with Gasteiger partial charge in [-0.05, 0) is 17.7 Å². The van der Waals surface area contributed by atoms with E-state index >= 15 is 0 Å². The Labute approximate surface area is 205 Å². The highest BCUT2D eigenvalue weighted by Gasteiger charge is 2.29. The van der Waals surface area contributed by atoms with Crippen LogP contribution in [0.5, 0.6) is 0 Å². The molecule has 1 atom stereocenters. The van der Waals surface area contributed by atoms with E-state index < -0.39 is 39.9 Å². The topological polar surface area (TPSA) is 154 Å². The highest BCUT2D eigenvalue weighted by Crippen LogP contribution is 2.16. The third-order valence-electron chi connectivity index (χ3n) is 4.23. The van der Waals surface area contributed by atoms with E-state index in [1.807, 2.05) is 27.2 Å². The summed E-state index contributed by atoms with van der Waals surface area (Å²) in [6, 6.07) is 11.1. The number of furan rings is 1. The summed E-state index contributed by atoms with van der Waals surface area (Å²) in [6.07, 6.45) is -5.42. The number of halogens is 3. The third kappa shape index (κ3) is 12.4. The van der Waals surface area contributed by atoms with Crippen molar-refractivity contribution in [2.75, 3.05) is 27.7 Å². The molecule has 1 heterocycles. The zero-order chi connectivity index (χ0) is 27.7. The second-order valence-corrected chi connectivity index (χ2v) is 10.9. The van der Waals surface area contributed by atoms with Crippen molar-refractivity contribution in [2.24, 2.45) is 0 Å². The van der Waals surface area contributed by atoms with E-state index in [1.54, 1.807) is 24.3 Å². The normalized spacial score (nSPS) is 12.7. The average molecular weight is 537 g/mol. The molecule has 1 amide bonds. The van der Waals surface area contributed by atoms with E-state index in [-0.39, 0.29) is 29.4 Å². The van der Waals surface area contributed by atoms with E-state index in [4.69, 9.17) is 19.4 Å². The maximum Gasteiger partial charge on any atom is 0.430 e. The SMILES string of the molecule is C[N+](C)(C)CC(CC(=O)O)NC(=O)c1ccc(CS(=O)(=O)Cc2ccccc2)o1.O=C([O-])C(F)(F)F. The van der Waals surface area contributed by atoms with E-state index in [0.717, 1.165) is 0 Å². The molecule has 0 radical (unpaired) electrons. The molecule has 0 aliphatic heterocycles. The number of carboxylic acids is 2. The fourth-order valence-corrected chi connectivity index (χ4v) is 4.35. The lowest BCUT2D eigenvalue weighted by molar-refractivity contribution is -0.871. The fraction of sp³-hybridized carbons (Fsp3) is 0.409. The Bertz CT molecular complexity index is 1140. The predicted octanol–water partition coefficient (Wildman–Crippen LogP) is 0.973. The number of carbonyl (C=O) groups excluding carboxylic acids is 2. The highest BCUT2D eigenvalue weighted by molar-refractivity contribution is 7.89. The number of hydrogen-bond acceptors (Lipinski definition) is 7. The lowest BCUT2D eigenvalue weighted by atomic mass is 10.2. The van der Waals surface area contributed by atoms with Crippen LogP contribution >= 0.6 is 0 Å². The summed E-state index contributed by atoms with van der Waals surface area (Å²) in [4.78, 5) is 32.3. The van der Waals surface area contributed by atoms with E-state index in [2.05, 4.69) is 5.32 Å². The molecule has 0 aliphatic rings. The molecule has 0 fully saturated rings. The van der Waals surface area contributed by atoms with Crippen LogP contribution in [0.25, 0.3) is 0 Å². The Balaban J connectivity index is 0.000000809. The summed E-state index contributed by atoms with van der Waals surface area (Å²) < 4.78 is 62.2. The maximum atomic E-state index is 12.4. The van der Waals surface area contributed by atoms with Crippen molar-refractivity contribution >= 4 is 27.7 Å². The molecule has 200 valence electrons. The summed E-state index contributed by atoms with van der Waals surface area (Å²) in [5, 5.41) is 20.5. The number of likely N-dealkylation sites (N-methyl/N-ethyl adjacent to an activating group) is 1. The monoisotopic (exact) mass is 536 g/mol. The number of amides is 1. The lowest BCUT2D eigenvalue weighted by Crippen LogP contribution is -2.49. The Morgan fingerprint density at radius 1 is 1.06 bits per heavy atom. The molecule has 2 N–H and O–H groups in total. The van der Waals surface area contributed by atoms with Crippen LogP contribution in [0.1, 0.15) is 28.3 Å². The Morgan fingerprint density at radius 2 is 1.61 bits per heavy atom. The standard InChI is InChI=1S/C20H26N2O6S.C2HF3O2/c1-22(2,3)12-16(11-19(23)24)21-20(25)18-10-9-17(28-18)14-29(26,27)13-15-7-5-4-6-8-15;3-2(4,5)1(6)7/h4-10,16H,11-14H2,1-3H3,(H-,21,23,24,25);(H,6,7). The third-order valence-corrected chi connectivity index (χ3v) is 5.73. The zero-order valence-corrected chi connectivity index (χ0v) is 20.6. The van der Waals surface area contributed by atoms with Crippen molar-refractivity contribution in [1.82, 2.24) is 5.32 Å². The van der Waals surface area contributed by atoms with Crippen LogP contribution in [0, 0.1) is 0 Å². The van der Waals surface area contributed by atoms with Gasteiger partial charge < -0.3 is 29.2 Å². The first kappa shape index (κ1) is 30.6. The first-order valence-electron chi connectivity index (χ1n) is 10.3. The summed E-state index contributed by atoms with van der Waals surface area (Å²) in [5.41, 5.74) is 0.675. The number of quaternary nitrogens is 1. The second kappa shape index (κ2) is 12.5. The largest absolute Gasteiger partial charge is 0.542 e. The fourth-order valence-electron chi connectivity index (χ4n) is 2.96. The van der Waals surface area contributed by atoms with Crippen molar-refractivity contribution in [3.8, 4) is 0 Å². The number of aliphatic carboxylic acids is 2. The first-order valence-corrected chi connectivity index (χ1v) is 12.1. The van der Waals surface area contributed by atoms with Crippen LogP contribution in [0.4, 0.5) is 13.2 Å². The molecule has 1 aromatic heterocycles. The Hall–Kier alpha value is -3.39. The average Bonchev–Trinajstić information content (AvgIpc) is 3.14. The maximum absolute atomic E-state index is 12.4. The number of carbonyl (C=O) groups is 3. The van der Waals surface area contributed by atoms with Crippen LogP contribution in [0.15, 0.2) is 46.9 Å². The van der Waals surface area contributed by atoms with Gasteiger partial charge in [0, 0.05) is 0 Å². The van der Waals surface area contributed by atoms with Gasteiger partial charge in [0.15, 0.2) is 15.6 Å². The van der Waals surface area contributed by atoms with Gasteiger partial charge in [-0.25, -0.2) is 8.42 Å². The number of hydrogen-bond donors (Lipinski definition) is 2. The van der Waals surface area contributed by atoms with Crippen LogP contribution < -0.4 is 10.4 Å². The number of sulfone groups is 1. The van der Waals surface area contributed by atoms with Crippen molar-refractivity contribution in [3.63, 3.8) is 0 Å². The smallest absolute Gasteiger partial charge is 0.430 e. The summed E-state index contributed by atoms with van der Waals surface area (Å²) >= 11 is 0.